The van der Waals surface area contributed by atoms with Crippen LogP contribution in [0.3, 0.4) is 0 Å². The fraction of sp³-hybridized carbons (Fsp3) is 0.0968. The molecule has 1 atom stereocenters. The molecule has 1 heterocycles. The molecule has 0 radical (unpaired) electrons. The summed E-state index contributed by atoms with van der Waals surface area (Å²) >= 11 is 12.0. The maximum Gasteiger partial charge on any atom is 0.269 e. The lowest BCUT2D eigenvalue weighted by Gasteiger charge is -2.41. The van der Waals surface area contributed by atoms with E-state index in [0.29, 0.717) is 33.5 Å². The van der Waals surface area contributed by atoms with Crippen LogP contribution in [0.1, 0.15) is 22.3 Å². The SMILES string of the molecule is Cc1ccc(N2C(=O)C[C@H](C(=O)Nc3ccc(Oc4ccccc4)cc3)N(NC(=O)c3ccccc3)C2=S)cc1Cl. The molecule has 4 aromatic rings. The Morgan fingerprint density at radius 2 is 1.54 bits per heavy atom. The van der Waals surface area contributed by atoms with Crippen molar-refractivity contribution < 1.29 is 19.1 Å². The van der Waals surface area contributed by atoms with Gasteiger partial charge in [0.25, 0.3) is 5.91 Å². The Kier molecular flexibility index (Phi) is 8.28. The maximum absolute atomic E-state index is 13.5. The molecule has 41 heavy (non-hydrogen) atoms. The van der Waals surface area contributed by atoms with Crippen molar-refractivity contribution in [2.75, 3.05) is 10.2 Å². The lowest BCUT2D eigenvalue weighted by atomic mass is 10.1. The molecule has 10 heteroatoms. The van der Waals surface area contributed by atoms with Crippen molar-refractivity contribution >= 4 is 58.0 Å². The Balaban J connectivity index is 1.38. The second-order valence-corrected chi connectivity index (χ2v) is 10.0. The van der Waals surface area contributed by atoms with E-state index >= 15 is 0 Å². The van der Waals surface area contributed by atoms with E-state index in [2.05, 4.69) is 10.7 Å². The molecule has 1 aliphatic heterocycles. The molecule has 0 aliphatic carbocycles. The predicted octanol–water partition coefficient (Wildman–Crippen LogP) is 6.12. The first-order chi connectivity index (χ1) is 19.8. The van der Waals surface area contributed by atoms with Gasteiger partial charge in [0, 0.05) is 16.3 Å². The van der Waals surface area contributed by atoms with E-state index in [1.807, 2.05) is 37.3 Å². The number of aryl methyl sites for hydroxylation is 1. The van der Waals surface area contributed by atoms with Gasteiger partial charge in [-0.2, -0.15) is 0 Å². The van der Waals surface area contributed by atoms with E-state index in [1.54, 1.807) is 72.8 Å². The van der Waals surface area contributed by atoms with E-state index in [9.17, 15) is 14.4 Å². The smallest absolute Gasteiger partial charge is 0.269 e. The van der Waals surface area contributed by atoms with Crippen LogP contribution in [0.5, 0.6) is 11.5 Å². The molecule has 0 spiro atoms. The number of nitrogens with one attached hydrogen (secondary N) is 2. The molecular weight excluding hydrogens is 560 g/mol. The molecule has 206 valence electrons. The van der Waals surface area contributed by atoms with Crippen molar-refractivity contribution in [1.29, 1.82) is 0 Å². The van der Waals surface area contributed by atoms with Crippen LogP contribution in [0.2, 0.25) is 5.02 Å². The summed E-state index contributed by atoms with van der Waals surface area (Å²) < 4.78 is 5.81. The molecule has 2 N–H and O–H groups in total. The van der Waals surface area contributed by atoms with Gasteiger partial charge < -0.3 is 10.1 Å². The van der Waals surface area contributed by atoms with Gasteiger partial charge in [-0.3, -0.25) is 24.7 Å². The number of rotatable bonds is 7. The minimum absolute atomic E-state index is 0.0581. The third kappa shape index (κ3) is 6.37. The number of anilines is 2. The van der Waals surface area contributed by atoms with Gasteiger partial charge in [-0.15, -0.1) is 0 Å². The summed E-state index contributed by atoms with van der Waals surface area (Å²) in [7, 11) is 0. The lowest BCUT2D eigenvalue weighted by molar-refractivity contribution is -0.127. The van der Waals surface area contributed by atoms with Crippen LogP contribution >= 0.6 is 23.8 Å². The van der Waals surface area contributed by atoms with Crippen LogP contribution in [-0.2, 0) is 9.59 Å². The second kappa shape index (κ2) is 12.2. The van der Waals surface area contributed by atoms with Gasteiger partial charge in [-0.25, -0.2) is 5.01 Å². The molecule has 1 fully saturated rings. The zero-order chi connectivity index (χ0) is 28.9. The second-order valence-electron chi connectivity index (χ2n) is 9.27. The highest BCUT2D eigenvalue weighted by atomic mass is 35.5. The van der Waals surface area contributed by atoms with Gasteiger partial charge in [0.1, 0.15) is 17.5 Å². The number of carbonyl (C=O) groups excluding carboxylic acids is 3. The molecule has 1 aliphatic rings. The molecule has 5 rings (SSSR count). The molecule has 0 unspecified atom stereocenters. The maximum atomic E-state index is 13.5. The van der Waals surface area contributed by atoms with Crippen LogP contribution in [0.15, 0.2) is 103 Å². The highest BCUT2D eigenvalue weighted by Crippen LogP contribution is 2.29. The van der Waals surface area contributed by atoms with E-state index in [1.165, 1.54) is 9.91 Å². The van der Waals surface area contributed by atoms with Gasteiger partial charge in [0.15, 0.2) is 0 Å². The number of halogens is 1. The summed E-state index contributed by atoms with van der Waals surface area (Å²) in [6.07, 6.45) is -0.248. The summed E-state index contributed by atoms with van der Waals surface area (Å²) in [6.45, 7) is 1.84. The predicted molar refractivity (Wildman–Crippen MR) is 162 cm³/mol. The zero-order valence-corrected chi connectivity index (χ0v) is 23.5. The van der Waals surface area contributed by atoms with Crippen molar-refractivity contribution in [3.63, 3.8) is 0 Å². The largest absolute Gasteiger partial charge is 0.457 e. The Morgan fingerprint density at radius 1 is 0.902 bits per heavy atom. The number of para-hydroxylation sites is 1. The molecule has 0 aromatic heterocycles. The summed E-state index contributed by atoms with van der Waals surface area (Å²) in [5, 5.41) is 4.47. The van der Waals surface area contributed by atoms with Gasteiger partial charge >= 0.3 is 0 Å². The van der Waals surface area contributed by atoms with Crippen molar-refractivity contribution in [2.24, 2.45) is 0 Å². The third-order valence-corrected chi connectivity index (χ3v) is 7.19. The van der Waals surface area contributed by atoms with Gasteiger partial charge in [0.2, 0.25) is 16.9 Å². The average molecular weight is 585 g/mol. The van der Waals surface area contributed by atoms with E-state index < -0.39 is 23.8 Å². The first kappa shape index (κ1) is 27.8. The summed E-state index contributed by atoms with van der Waals surface area (Å²) in [5.41, 5.74) is 4.84. The van der Waals surface area contributed by atoms with E-state index in [-0.39, 0.29) is 11.5 Å². The molecule has 8 nitrogen and oxygen atoms in total. The number of thiocarbonyl (C=S) groups is 1. The van der Waals surface area contributed by atoms with Crippen molar-refractivity contribution in [3.05, 3.63) is 119 Å². The molecule has 0 saturated carbocycles. The first-order valence-corrected chi connectivity index (χ1v) is 13.5. The van der Waals surface area contributed by atoms with Crippen LogP contribution in [0.4, 0.5) is 11.4 Å². The number of nitrogens with zero attached hydrogens (tertiary/aromatic N) is 2. The minimum atomic E-state index is -1.11. The number of hydrogen-bond donors (Lipinski definition) is 2. The number of benzene rings is 4. The fourth-order valence-corrected chi connectivity index (χ4v) is 4.78. The normalized spacial score (nSPS) is 14.9. The highest BCUT2D eigenvalue weighted by molar-refractivity contribution is 7.80. The van der Waals surface area contributed by atoms with Crippen LogP contribution < -0.4 is 20.4 Å². The van der Waals surface area contributed by atoms with Gasteiger partial charge in [0.05, 0.1) is 12.1 Å². The topological polar surface area (TPSA) is 91.0 Å². The molecule has 4 aromatic carbocycles. The minimum Gasteiger partial charge on any atom is -0.457 e. The number of ether oxygens (including phenoxy) is 1. The van der Waals surface area contributed by atoms with Crippen LogP contribution in [0, 0.1) is 6.92 Å². The Morgan fingerprint density at radius 3 is 2.20 bits per heavy atom. The van der Waals surface area contributed by atoms with E-state index in [0.717, 1.165) is 5.56 Å². The van der Waals surface area contributed by atoms with Crippen LogP contribution in [0.25, 0.3) is 0 Å². The quantitative estimate of drug-likeness (QED) is 0.255. The highest BCUT2D eigenvalue weighted by Gasteiger charge is 2.42. The number of hydrazine groups is 1. The average Bonchev–Trinajstić information content (AvgIpc) is 2.98. The number of amides is 3. The molecule has 3 amide bonds. The summed E-state index contributed by atoms with van der Waals surface area (Å²) in [4.78, 5) is 41.2. The Bertz CT molecular complexity index is 1600. The third-order valence-electron chi connectivity index (χ3n) is 6.40. The number of carbonyl (C=O) groups is 3. The molecule has 0 bridgehead atoms. The molecular formula is C31H25ClN4O4S. The Hall–Kier alpha value is -4.73. The fourth-order valence-electron chi connectivity index (χ4n) is 4.23. The molecule has 1 saturated heterocycles. The summed E-state index contributed by atoms with van der Waals surface area (Å²) in [5.74, 6) is -0.140. The lowest BCUT2D eigenvalue weighted by Crippen LogP contribution is -2.65. The van der Waals surface area contributed by atoms with Gasteiger partial charge in [-0.05, 0) is 85.4 Å². The van der Waals surface area contributed by atoms with Crippen LogP contribution in [-0.4, -0.2) is 33.9 Å². The first-order valence-electron chi connectivity index (χ1n) is 12.7. The number of hydrogen-bond acceptors (Lipinski definition) is 5. The Labute approximate surface area is 247 Å². The summed E-state index contributed by atoms with van der Waals surface area (Å²) in [6, 6.07) is 28.6. The standard InChI is InChI=1S/C31H25ClN4O4S/c1-20-12-15-23(18-26(20)32)35-28(37)19-27(36(31(35)41)34-29(38)21-8-4-2-5-9-21)30(39)33-22-13-16-25(17-14-22)40-24-10-6-3-7-11-24/h2-18,27H,19H2,1H3,(H,33,39)(H,34,38)/t27-/m1/s1. The van der Waals surface area contributed by atoms with E-state index in [4.69, 9.17) is 28.6 Å². The van der Waals surface area contributed by atoms with Gasteiger partial charge in [-0.1, -0.05) is 54.1 Å². The van der Waals surface area contributed by atoms with Crippen molar-refractivity contribution in [3.8, 4) is 11.5 Å². The zero-order valence-electron chi connectivity index (χ0n) is 21.9. The van der Waals surface area contributed by atoms with Crippen molar-refractivity contribution in [2.45, 2.75) is 19.4 Å². The monoisotopic (exact) mass is 584 g/mol. The van der Waals surface area contributed by atoms with Crippen molar-refractivity contribution in [1.82, 2.24) is 10.4 Å².